The molecule has 0 fully saturated rings. The highest BCUT2D eigenvalue weighted by Crippen LogP contribution is 2.36. The lowest BCUT2D eigenvalue weighted by molar-refractivity contribution is 0.102. The van der Waals surface area contributed by atoms with Crippen molar-refractivity contribution < 1.29 is 13.2 Å². The zero-order valence-corrected chi connectivity index (χ0v) is 19.3. The van der Waals surface area contributed by atoms with Gasteiger partial charge in [-0.05, 0) is 23.8 Å². The first-order valence-electron chi connectivity index (χ1n) is 9.35. The van der Waals surface area contributed by atoms with E-state index in [4.69, 9.17) is 0 Å². The Balaban J connectivity index is 1.51. The van der Waals surface area contributed by atoms with E-state index < -0.39 is 10.0 Å². The maximum atomic E-state index is 12.7. The van der Waals surface area contributed by atoms with E-state index in [0.29, 0.717) is 5.56 Å². The molecule has 6 nitrogen and oxygen atoms in total. The second kappa shape index (κ2) is 8.88. The maximum absolute atomic E-state index is 12.7. The van der Waals surface area contributed by atoms with Crippen LogP contribution in [-0.4, -0.2) is 48.3 Å². The van der Waals surface area contributed by atoms with Crippen LogP contribution in [0.15, 0.2) is 76.9 Å². The van der Waals surface area contributed by atoms with Crippen LogP contribution < -0.4 is 0 Å². The van der Waals surface area contributed by atoms with Crippen LogP contribution in [0.2, 0.25) is 0 Å². The maximum Gasteiger partial charge on any atom is 0.242 e. The number of Topliss-reactive ketones (excluding diaryl/α,β-unsaturated/α-hetero) is 1. The number of benzene rings is 2. The SMILES string of the molecule is CN(C)S(=O)(=O)c1ccc(C(=O)CSc2ncnc3sc(-c4ccccc4)cc23)cc1. The van der Waals surface area contributed by atoms with E-state index in [1.165, 1.54) is 44.3 Å². The van der Waals surface area contributed by atoms with Crippen LogP contribution in [0.3, 0.4) is 0 Å². The van der Waals surface area contributed by atoms with E-state index in [1.54, 1.807) is 23.5 Å². The summed E-state index contributed by atoms with van der Waals surface area (Å²) in [5, 5.41) is 1.68. The van der Waals surface area contributed by atoms with Crippen molar-refractivity contribution in [2.45, 2.75) is 9.92 Å². The van der Waals surface area contributed by atoms with E-state index >= 15 is 0 Å². The van der Waals surface area contributed by atoms with Gasteiger partial charge in [-0.3, -0.25) is 4.79 Å². The first kappa shape index (κ1) is 21.6. The molecule has 0 bridgehead atoms. The molecule has 0 radical (unpaired) electrons. The van der Waals surface area contributed by atoms with Crippen molar-refractivity contribution in [3.8, 4) is 10.4 Å². The van der Waals surface area contributed by atoms with Gasteiger partial charge in [-0.25, -0.2) is 22.7 Å². The zero-order chi connectivity index (χ0) is 22.0. The molecule has 4 rings (SSSR count). The molecule has 4 aromatic rings. The summed E-state index contributed by atoms with van der Waals surface area (Å²) in [5.41, 5.74) is 1.58. The molecule has 0 amide bonds. The Kier molecular flexibility index (Phi) is 6.19. The molecule has 0 spiro atoms. The van der Waals surface area contributed by atoms with E-state index in [-0.39, 0.29) is 16.4 Å². The molecule has 2 aromatic carbocycles. The third kappa shape index (κ3) is 4.54. The highest BCUT2D eigenvalue weighted by molar-refractivity contribution is 8.00. The molecule has 0 atom stereocenters. The average Bonchev–Trinajstić information content (AvgIpc) is 3.23. The Labute approximate surface area is 189 Å². The minimum atomic E-state index is -3.52. The van der Waals surface area contributed by atoms with Crippen LogP contribution in [0, 0.1) is 0 Å². The van der Waals surface area contributed by atoms with E-state index in [2.05, 4.69) is 28.2 Å². The number of ketones is 1. The second-order valence-electron chi connectivity index (χ2n) is 6.90. The Morgan fingerprint density at radius 3 is 2.42 bits per heavy atom. The molecule has 31 heavy (non-hydrogen) atoms. The quantitative estimate of drug-likeness (QED) is 0.224. The number of aromatic nitrogens is 2. The molecule has 2 aromatic heterocycles. The normalized spacial score (nSPS) is 11.8. The van der Waals surface area contributed by atoms with Gasteiger partial charge in [-0.2, -0.15) is 0 Å². The summed E-state index contributed by atoms with van der Waals surface area (Å²) in [6, 6.07) is 18.1. The van der Waals surface area contributed by atoms with Crippen molar-refractivity contribution in [2.24, 2.45) is 0 Å². The molecule has 0 saturated heterocycles. The standard InChI is InChI=1S/C22H19N3O3S3/c1-25(2)31(27,28)17-10-8-15(9-11-17)19(26)13-29-21-18-12-20(16-6-4-3-5-7-16)30-22(18)24-14-23-21/h3-12,14H,13H2,1-2H3. The fourth-order valence-corrected chi connectivity index (χ4v) is 5.77. The molecule has 0 aliphatic heterocycles. The van der Waals surface area contributed by atoms with Crippen LogP contribution in [0.25, 0.3) is 20.7 Å². The van der Waals surface area contributed by atoms with Crippen LogP contribution in [0.5, 0.6) is 0 Å². The molecule has 2 heterocycles. The molecular weight excluding hydrogens is 450 g/mol. The Morgan fingerprint density at radius 2 is 1.74 bits per heavy atom. The molecule has 0 aliphatic carbocycles. The Bertz CT molecular complexity index is 1330. The van der Waals surface area contributed by atoms with Crippen LogP contribution in [-0.2, 0) is 10.0 Å². The van der Waals surface area contributed by atoms with Gasteiger partial charge in [-0.1, -0.05) is 54.2 Å². The third-order valence-electron chi connectivity index (χ3n) is 4.65. The summed E-state index contributed by atoms with van der Waals surface area (Å²) in [6.07, 6.45) is 1.52. The highest BCUT2D eigenvalue weighted by Gasteiger charge is 2.18. The largest absolute Gasteiger partial charge is 0.293 e. The fraction of sp³-hybridized carbons (Fsp3) is 0.136. The van der Waals surface area contributed by atoms with Gasteiger partial charge in [0.25, 0.3) is 0 Å². The first-order valence-corrected chi connectivity index (χ1v) is 12.6. The van der Waals surface area contributed by atoms with Crippen molar-refractivity contribution in [2.75, 3.05) is 19.8 Å². The Hall–Kier alpha value is -2.59. The van der Waals surface area contributed by atoms with Gasteiger partial charge in [0, 0.05) is 29.9 Å². The number of nitrogens with zero attached hydrogens (tertiary/aromatic N) is 3. The molecular formula is C22H19N3O3S3. The smallest absolute Gasteiger partial charge is 0.242 e. The number of hydrogen-bond donors (Lipinski definition) is 0. The molecule has 9 heteroatoms. The summed E-state index contributed by atoms with van der Waals surface area (Å²) in [7, 11) is -0.572. The van der Waals surface area contributed by atoms with Crippen LogP contribution in [0.1, 0.15) is 10.4 Å². The lowest BCUT2D eigenvalue weighted by atomic mass is 10.1. The number of hydrogen-bond acceptors (Lipinski definition) is 7. The molecule has 0 saturated carbocycles. The monoisotopic (exact) mass is 469 g/mol. The van der Waals surface area contributed by atoms with Gasteiger partial charge in [0.15, 0.2) is 5.78 Å². The van der Waals surface area contributed by atoms with E-state index in [1.807, 2.05) is 18.2 Å². The van der Waals surface area contributed by atoms with Crippen LogP contribution >= 0.6 is 23.1 Å². The molecule has 0 N–H and O–H groups in total. The summed E-state index contributed by atoms with van der Waals surface area (Å²) in [6.45, 7) is 0. The first-order chi connectivity index (χ1) is 14.9. The van der Waals surface area contributed by atoms with Gasteiger partial charge in [0.1, 0.15) is 16.2 Å². The topological polar surface area (TPSA) is 80.2 Å². The minimum absolute atomic E-state index is 0.0934. The predicted molar refractivity (Wildman–Crippen MR) is 125 cm³/mol. The zero-order valence-electron chi connectivity index (χ0n) is 16.8. The van der Waals surface area contributed by atoms with Crippen molar-refractivity contribution in [3.63, 3.8) is 0 Å². The third-order valence-corrected chi connectivity index (χ3v) is 8.57. The van der Waals surface area contributed by atoms with Crippen molar-refractivity contribution in [3.05, 3.63) is 72.6 Å². The number of carbonyl (C=O) groups is 1. The molecule has 0 aliphatic rings. The lowest BCUT2D eigenvalue weighted by Crippen LogP contribution is -2.22. The van der Waals surface area contributed by atoms with Crippen molar-refractivity contribution in [1.82, 2.24) is 14.3 Å². The minimum Gasteiger partial charge on any atom is -0.293 e. The van der Waals surface area contributed by atoms with E-state index in [9.17, 15) is 13.2 Å². The summed E-state index contributed by atoms with van der Waals surface area (Å²) < 4.78 is 25.5. The molecule has 158 valence electrons. The van der Waals surface area contributed by atoms with Gasteiger partial charge in [0.2, 0.25) is 10.0 Å². The lowest BCUT2D eigenvalue weighted by Gasteiger charge is -2.11. The number of thioether (sulfide) groups is 1. The van der Waals surface area contributed by atoms with E-state index in [0.717, 1.165) is 30.0 Å². The number of fused-ring (bicyclic) bond motifs is 1. The predicted octanol–water partition coefficient (Wildman–Crippen LogP) is 4.58. The van der Waals surface area contributed by atoms with Gasteiger partial charge < -0.3 is 0 Å². The van der Waals surface area contributed by atoms with Crippen molar-refractivity contribution >= 4 is 49.1 Å². The summed E-state index contributed by atoms with van der Waals surface area (Å²) >= 11 is 2.95. The molecule has 0 unspecified atom stereocenters. The summed E-state index contributed by atoms with van der Waals surface area (Å²) in [4.78, 5) is 23.5. The van der Waals surface area contributed by atoms with Crippen molar-refractivity contribution in [1.29, 1.82) is 0 Å². The van der Waals surface area contributed by atoms with Gasteiger partial charge in [0.05, 0.1) is 10.6 Å². The number of carbonyl (C=O) groups excluding carboxylic acids is 1. The highest BCUT2D eigenvalue weighted by atomic mass is 32.2. The average molecular weight is 470 g/mol. The van der Waals surface area contributed by atoms with Gasteiger partial charge >= 0.3 is 0 Å². The Morgan fingerprint density at radius 1 is 1.03 bits per heavy atom. The summed E-state index contributed by atoms with van der Waals surface area (Å²) in [5.74, 6) is 0.103. The number of thiophene rings is 1. The number of rotatable bonds is 7. The van der Waals surface area contributed by atoms with Crippen LogP contribution in [0.4, 0.5) is 0 Å². The van der Waals surface area contributed by atoms with Gasteiger partial charge in [-0.15, -0.1) is 11.3 Å². The fourth-order valence-electron chi connectivity index (χ4n) is 2.93. The number of sulfonamides is 1. The second-order valence-corrected chi connectivity index (χ2v) is 11.0.